The third-order valence-corrected chi connectivity index (χ3v) is 4.12. The first kappa shape index (κ1) is 17.9. The fourth-order valence-electron chi connectivity index (χ4n) is 2.13. The monoisotopic (exact) mass is 356 g/mol. The number of ether oxygens (including phenoxy) is 1. The largest absolute Gasteiger partial charge is 0.425 e. The Balaban J connectivity index is 0.000000236. The maximum absolute atomic E-state index is 11.8. The van der Waals surface area contributed by atoms with Crippen LogP contribution in [0.4, 0.5) is 0 Å². The van der Waals surface area contributed by atoms with E-state index in [1.165, 1.54) is 0 Å². The van der Waals surface area contributed by atoms with Gasteiger partial charge in [0.1, 0.15) is 11.7 Å². The van der Waals surface area contributed by atoms with Crippen molar-refractivity contribution in [3.8, 4) is 5.75 Å². The highest BCUT2D eigenvalue weighted by Crippen LogP contribution is 2.41. The Morgan fingerprint density at radius 1 is 0.870 bits per heavy atom. The van der Waals surface area contributed by atoms with Gasteiger partial charge >= 0.3 is 23.2 Å². The summed E-state index contributed by atoms with van der Waals surface area (Å²) in [4.78, 5) is 43.1. The molecule has 23 heavy (non-hydrogen) atoms. The van der Waals surface area contributed by atoms with Gasteiger partial charge in [0.25, 0.3) is 0 Å². The summed E-state index contributed by atoms with van der Waals surface area (Å²) in [5.41, 5.74) is 1.94. The number of fused-ring (bicyclic) bond motifs is 1. The Morgan fingerprint density at radius 3 is 2.00 bits per heavy atom. The lowest BCUT2D eigenvalue weighted by Crippen LogP contribution is -2.11. The molecule has 0 saturated heterocycles. The second-order valence-electron chi connectivity index (χ2n) is 4.39. The Labute approximate surface area is 134 Å². The van der Waals surface area contributed by atoms with Crippen LogP contribution < -0.4 is 4.74 Å². The summed E-state index contributed by atoms with van der Waals surface area (Å²) in [6.07, 6.45) is 0. The summed E-state index contributed by atoms with van der Waals surface area (Å²) < 4.78 is 8.84. The second-order valence-corrected chi connectivity index (χ2v) is 6.05. The van der Waals surface area contributed by atoms with Gasteiger partial charge in [0.2, 0.25) is 0 Å². The van der Waals surface area contributed by atoms with Crippen molar-refractivity contribution < 1.29 is 33.4 Å². The summed E-state index contributed by atoms with van der Waals surface area (Å²) in [6, 6.07) is 17.3. The smallest absolute Gasteiger partial charge is 0.334 e. The molecule has 1 unspecified atom stereocenters. The molecule has 4 N–H and O–H groups in total. The third-order valence-electron chi connectivity index (χ3n) is 2.96. The van der Waals surface area contributed by atoms with Crippen molar-refractivity contribution >= 4 is 23.2 Å². The van der Waals surface area contributed by atoms with Gasteiger partial charge in [0.05, 0.1) is 0 Å². The van der Waals surface area contributed by atoms with Crippen molar-refractivity contribution in [3.05, 3.63) is 65.7 Å². The number of rotatable bonds is 3. The van der Waals surface area contributed by atoms with Crippen LogP contribution in [0.2, 0.25) is 0 Å². The van der Waals surface area contributed by atoms with E-state index >= 15 is 0 Å². The highest BCUT2D eigenvalue weighted by molar-refractivity contribution is 7.53. The Hall–Kier alpha value is -1.43. The fourth-order valence-corrected chi connectivity index (χ4v) is 2.66. The molecule has 0 amide bonds. The quantitative estimate of drug-likeness (QED) is 0.378. The number of carbonyl (C=O) groups is 1. The Kier molecular flexibility index (Phi) is 6.57. The lowest BCUT2D eigenvalue weighted by atomic mass is 9.93. The van der Waals surface area contributed by atoms with Crippen LogP contribution in [-0.2, 0) is 9.11 Å². The van der Waals surface area contributed by atoms with E-state index in [9.17, 15) is 4.79 Å². The van der Waals surface area contributed by atoms with Crippen molar-refractivity contribution in [2.24, 2.45) is 0 Å². The summed E-state index contributed by atoms with van der Waals surface area (Å²) in [5, 5.41) is 0. The summed E-state index contributed by atoms with van der Waals surface area (Å²) >= 11 is 0. The van der Waals surface area contributed by atoms with Crippen LogP contribution >= 0.6 is 17.2 Å². The number of esters is 1. The zero-order valence-electron chi connectivity index (χ0n) is 11.7. The number of hydrogen-bond donors (Lipinski definition) is 4. The molecular weight excluding hydrogens is 342 g/mol. The SMILES string of the molecule is O=C1Oc2ccccc2C1c1ccccc1.OP(O)OP(O)O. The van der Waals surface area contributed by atoms with Crippen LogP contribution in [0, 0.1) is 0 Å². The van der Waals surface area contributed by atoms with E-state index in [1.807, 2.05) is 54.6 Å². The van der Waals surface area contributed by atoms with Crippen LogP contribution in [-0.4, -0.2) is 25.5 Å². The second kappa shape index (κ2) is 8.43. The van der Waals surface area contributed by atoms with E-state index in [0.717, 1.165) is 11.1 Å². The number of benzene rings is 2. The molecule has 0 fully saturated rings. The molecule has 0 aromatic heterocycles. The first-order chi connectivity index (χ1) is 11.0. The Bertz CT molecular complexity index is 643. The van der Waals surface area contributed by atoms with Gasteiger partial charge in [0.15, 0.2) is 0 Å². The van der Waals surface area contributed by atoms with Crippen molar-refractivity contribution in [3.63, 3.8) is 0 Å². The molecule has 2 aromatic carbocycles. The molecule has 122 valence electrons. The van der Waals surface area contributed by atoms with E-state index in [4.69, 9.17) is 24.3 Å². The highest BCUT2D eigenvalue weighted by Gasteiger charge is 2.33. The molecule has 0 radical (unpaired) electrons. The van der Waals surface area contributed by atoms with Gasteiger partial charge in [-0.05, 0) is 11.6 Å². The van der Waals surface area contributed by atoms with Gasteiger partial charge in [-0.15, -0.1) is 0 Å². The predicted octanol–water partition coefficient (Wildman–Crippen LogP) is 2.16. The average molecular weight is 356 g/mol. The summed E-state index contributed by atoms with van der Waals surface area (Å²) in [6.45, 7) is 0. The van der Waals surface area contributed by atoms with E-state index in [-0.39, 0.29) is 11.9 Å². The lowest BCUT2D eigenvalue weighted by molar-refractivity contribution is -0.133. The average Bonchev–Trinajstić information content (AvgIpc) is 2.83. The zero-order chi connectivity index (χ0) is 16.8. The van der Waals surface area contributed by atoms with Crippen LogP contribution in [0.5, 0.6) is 5.75 Å². The van der Waals surface area contributed by atoms with Crippen LogP contribution in [0.3, 0.4) is 0 Å². The highest BCUT2D eigenvalue weighted by atomic mass is 31.2. The van der Waals surface area contributed by atoms with Gasteiger partial charge in [0, 0.05) is 5.56 Å². The number of para-hydroxylation sites is 1. The van der Waals surface area contributed by atoms with Crippen LogP contribution in [0.25, 0.3) is 0 Å². The molecular formula is C14H14O7P2. The molecule has 0 aliphatic carbocycles. The van der Waals surface area contributed by atoms with E-state index in [0.29, 0.717) is 5.75 Å². The topological polar surface area (TPSA) is 116 Å². The van der Waals surface area contributed by atoms with Crippen molar-refractivity contribution in [2.45, 2.75) is 5.92 Å². The molecule has 1 aliphatic rings. The molecule has 9 heteroatoms. The first-order valence-electron chi connectivity index (χ1n) is 6.38. The van der Waals surface area contributed by atoms with Gasteiger partial charge in [-0.25, -0.2) is 4.31 Å². The zero-order valence-corrected chi connectivity index (χ0v) is 13.5. The first-order valence-corrected chi connectivity index (χ1v) is 8.71. The van der Waals surface area contributed by atoms with E-state index in [1.54, 1.807) is 0 Å². The van der Waals surface area contributed by atoms with Gasteiger partial charge in [-0.2, -0.15) is 0 Å². The molecule has 1 aliphatic heterocycles. The van der Waals surface area contributed by atoms with Crippen molar-refractivity contribution in [1.82, 2.24) is 0 Å². The molecule has 2 aromatic rings. The van der Waals surface area contributed by atoms with E-state index in [2.05, 4.69) is 4.31 Å². The van der Waals surface area contributed by atoms with E-state index < -0.39 is 17.2 Å². The molecule has 1 atom stereocenters. The molecule has 3 rings (SSSR count). The molecule has 7 nitrogen and oxygen atoms in total. The minimum Gasteiger partial charge on any atom is -0.425 e. The van der Waals surface area contributed by atoms with Gasteiger partial charge < -0.3 is 24.3 Å². The predicted molar refractivity (Wildman–Crippen MR) is 84.2 cm³/mol. The molecule has 0 saturated carbocycles. The molecule has 1 heterocycles. The number of carbonyl (C=O) groups excluding carboxylic acids is 1. The number of hydrogen-bond acceptors (Lipinski definition) is 7. The maximum atomic E-state index is 11.8. The van der Waals surface area contributed by atoms with Crippen LogP contribution in [0.1, 0.15) is 17.0 Å². The van der Waals surface area contributed by atoms with Crippen molar-refractivity contribution in [2.75, 3.05) is 0 Å². The standard InChI is InChI=1S/C14H10O2.H4O5P2/c15-14-13(10-6-2-1-3-7-10)11-8-4-5-9-12(11)16-14;1-6(2)5-7(3)4/h1-9,13H;1-4H. The van der Waals surface area contributed by atoms with Gasteiger partial charge in [-0.3, -0.25) is 4.79 Å². The molecule has 0 spiro atoms. The van der Waals surface area contributed by atoms with Crippen molar-refractivity contribution in [1.29, 1.82) is 0 Å². The normalized spacial score (nSPS) is 15.9. The Morgan fingerprint density at radius 2 is 1.43 bits per heavy atom. The summed E-state index contributed by atoms with van der Waals surface area (Å²) in [5.74, 6) is 0.228. The van der Waals surface area contributed by atoms with Crippen LogP contribution in [0.15, 0.2) is 54.6 Å². The fraction of sp³-hybridized carbons (Fsp3) is 0.0714. The summed E-state index contributed by atoms with van der Waals surface area (Å²) in [7, 11) is -5.22. The molecule has 0 bridgehead atoms. The minimum atomic E-state index is -2.61. The van der Waals surface area contributed by atoms with Gasteiger partial charge in [-0.1, -0.05) is 48.5 Å². The maximum Gasteiger partial charge on any atom is 0.334 e. The third kappa shape index (κ3) is 5.03. The lowest BCUT2D eigenvalue weighted by Gasteiger charge is -2.06. The minimum absolute atomic E-state index is 0.188.